The molecule has 2 heterocycles. The van der Waals surface area contributed by atoms with Gasteiger partial charge in [-0.25, -0.2) is 13.6 Å². The van der Waals surface area contributed by atoms with Gasteiger partial charge in [-0.05, 0) is 25.5 Å². The Morgan fingerprint density at radius 3 is 2.76 bits per heavy atom. The molecule has 25 heavy (non-hydrogen) atoms. The maximum absolute atomic E-state index is 13.5. The van der Waals surface area contributed by atoms with Gasteiger partial charge >= 0.3 is 5.97 Å². The van der Waals surface area contributed by atoms with Crippen molar-refractivity contribution in [3.63, 3.8) is 0 Å². The van der Waals surface area contributed by atoms with Crippen molar-refractivity contribution in [3.8, 4) is 0 Å². The van der Waals surface area contributed by atoms with Gasteiger partial charge < -0.3 is 15.0 Å². The number of carbonyl (C=O) groups excluding carboxylic acids is 3. The summed E-state index contributed by atoms with van der Waals surface area (Å²) in [6.45, 7) is 1.20. The van der Waals surface area contributed by atoms with Crippen molar-refractivity contribution in [3.05, 3.63) is 29.8 Å². The zero-order valence-electron chi connectivity index (χ0n) is 13.4. The van der Waals surface area contributed by atoms with Gasteiger partial charge in [-0.15, -0.1) is 11.8 Å². The molecule has 2 atom stereocenters. The lowest BCUT2D eigenvalue weighted by atomic mass is 10.2. The van der Waals surface area contributed by atoms with Gasteiger partial charge in [-0.2, -0.15) is 0 Å². The minimum Gasteiger partial charge on any atom is -0.454 e. The summed E-state index contributed by atoms with van der Waals surface area (Å²) >= 11 is 1.50. The molecule has 0 radical (unpaired) electrons. The molecule has 0 bridgehead atoms. The van der Waals surface area contributed by atoms with Gasteiger partial charge in [0.2, 0.25) is 5.91 Å². The van der Waals surface area contributed by atoms with Crippen LogP contribution in [0, 0.1) is 11.6 Å². The Bertz CT molecular complexity index is 725. The number of carbonyl (C=O) groups is 3. The number of ether oxygens (including phenoxy) is 1. The van der Waals surface area contributed by atoms with E-state index in [4.69, 9.17) is 4.74 Å². The van der Waals surface area contributed by atoms with Crippen molar-refractivity contribution in [2.45, 2.75) is 30.7 Å². The number of nitrogens with zero attached hydrogens (tertiary/aromatic N) is 1. The topological polar surface area (TPSA) is 75.7 Å². The highest BCUT2D eigenvalue weighted by atomic mass is 32.2. The summed E-state index contributed by atoms with van der Waals surface area (Å²) in [5.41, 5.74) is -0.595. The standard InChI is InChI=1S/C16H16F2N2O4S/c1-16-6-5-13(22)20(16)11(8-25-16)15(23)24-7-12(21)19-14-9(17)3-2-4-10(14)18/h2-4,11H,5-8H2,1H3,(H,19,21)/t11-,16+/m1/s1. The lowest BCUT2D eigenvalue weighted by Gasteiger charge is -2.29. The summed E-state index contributed by atoms with van der Waals surface area (Å²) in [5.74, 6) is -3.14. The molecule has 3 rings (SSSR count). The summed E-state index contributed by atoms with van der Waals surface area (Å²) in [5, 5.41) is 2.04. The van der Waals surface area contributed by atoms with E-state index in [1.165, 1.54) is 22.7 Å². The molecule has 2 saturated heterocycles. The zero-order valence-corrected chi connectivity index (χ0v) is 14.2. The van der Waals surface area contributed by atoms with Crippen molar-refractivity contribution < 1.29 is 27.9 Å². The van der Waals surface area contributed by atoms with Crippen LogP contribution in [-0.2, 0) is 19.1 Å². The van der Waals surface area contributed by atoms with Crippen molar-refractivity contribution in [1.29, 1.82) is 0 Å². The van der Waals surface area contributed by atoms with Crippen LogP contribution in [0.4, 0.5) is 14.5 Å². The van der Waals surface area contributed by atoms with Crippen molar-refractivity contribution in [2.24, 2.45) is 0 Å². The number of halogens is 2. The average Bonchev–Trinajstić information content (AvgIpc) is 3.05. The Morgan fingerprint density at radius 1 is 1.40 bits per heavy atom. The summed E-state index contributed by atoms with van der Waals surface area (Å²) in [6.07, 6.45) is 1.04. The first kappa shape index (κ1) is 17.7. The van der Waals surface area contributed by atoms with Crippen molar-refractivity contribution >= 4 is 35.2 Å². The summed E-state index contributed by atoms with van der Waals surface area (Å²) in [7, 11) is 0. The molecule has 0 saturated carbocycles. The van der Waals surface area contributed by atoms with E-state index in [2.05, 4.69) is 0 Å². The molecule has 0 spiro atoms. The van der Waals surface area contributed by atoms with Gasteiger partial charge in [0.1, 0.15) is 23.4 Å². The maximum atomic E-state index is 13.5. The molecule has 2 aliphatic rings. The fraction of sp³-hybridized carbons (Fsp3) is 0.438. The molecular formula is C16H16F2N2O4S. The lowest BCUT2D eigenvalue weighted by Crippen LogP contribution is -2.47. The number of anilines is 1. The van der Waals surface area contributed by atoms with E-state index in [-0.39, 0.29) is 5.91 Å². The van der Waals surface area contributed by atoms with E-state index < -0.39 is 46.7 Å². The van der Waals surface area contributed by atoms with E-state index in [0.717, 1.165) is 12.1 Å². The third-order valence-electron chi connectivity index (χ3n) is 4.29. The predicted octanol–water partition coefficient (Wildman–Crippen LogP) is 1.90. The number of amides is 2. The molecular weight excluding hydrogens is 354 g/mol. The van der Waals surface area contributed by atoms with Gasteiger partial charge in [0.05, 0.1) is 4.87 Å². The van der Waals surface area contributed by atoms with E-state index in [0.29, 0.717) is 18.6 Å². The minimum atomic E-state index is -0.926. The van der Waals surface area contributed by atoms with Gasteiger partial charge in [-0.1, -0.05) is 6.07 Å². The van der Waals surface area contributed by atoms with E-state index in [1.807, 2.05) is 12.2 Å². The highest BCUT2D eigenvalue weighted by Gasteiger charge is 2.53. The number of hydrogen-bond acceptors (Lipinski definition) is 5. The number of benzene rings is 1. The van der Waals surface area contributed by atoms with Crippen LogP contribution < -0.4 is 5.32 Å². The number of nitrogens with one attached hydrogen (secondary N) is 1. The first-order chi connectivity index (χ1) is 11.8. The second kappa shape index (κ2) is 6.62. The molecule has 1 aromatic rings. The molecule has 1 N–H and O–H groups in total. The van der Waals surface area contributed by atoms with E-state index in [1.54, 1.807) is 0 Å². The molecule has 9 heteroatoms. The Morgan fingerprint density at radius 2 is 2.08 bits per heavy atom. The first-order valence-corrected chi connectivity index (χ1v) is 8.67. The SMILES string of the molecule is C[C@]12CCC(=O)N1[C@@H](C(=O)OCC(=O)Nc1c(F)cccc1F)CS2. The number of thioether (sulfide) groups is 1. The highest BCUT2D eigenvalue weighted by Crippen LogP contribution is 2.47. The average molecular weight is 370 g/mol. The minimum absolute atomic E-state index is 0.118. The number of fused-ring (bicyclic) bond motifs is 1. The van der Waals surface area contributed by atoms with Crippen LogP contribution in [0.1, 0.15) is 19.8 Å². The second-order valence-corrected chi connectivity index (χ2v) is 7.52. The molecule has 1 aromatic carbocycles. The van der Waals surface area contributed by atoms with Gasteiger partial charge in [0.25, 0.3) is 5.91 Å². The number of para-hydroxylation sites is 1. The third-order valence-corrected chi connectivity index (χ3v) is 5.79. The number of esters is 1. The molecule has 2 amide bonds. The van der Waals surface area contributed by atoms with Crippen molar-refractivity contribution in [2.75, 3.05) is 17.7 Å². The lowest BCUT2D eigenvalue weighted by molar-refractivity contribution is -0.155. The largest absolute Gasteiger partial charge is 0.454 e. The molecule has 6 nitrogen and oxygen atoms in total. The Balaban J connectivity index is 1.58. The zero-order chi connectivity index (χ0) is 18.2. The van der Waals surface area contributed by atoms with E-state index >= 15 is 0 Å². The van der Waals surface area contributed by atoms with Crippen LogP contribution >= 0.6 is 11.8 Å². The van der Waals surface area contributed by atoms with Crippen LogP contribution in [0.15, 0.2) is 18.2 Å². The quantitative estimate of drug-likeness (QED) is 0.820. The smallest absolute Gasteiger partial charge is 0.330 e. The van der Waals surface area contributed by atoms with Crippen LogP contribution in [0.2, 0.25) is 0 Å². The van der Waals surface area contributed by atoms with Gasteiger partial charge in [0, 0.05) is 12.2 Å². The monoisotopic (exact) mass is 370 g/mol. The molecule has 0 aromatic heterocycles. The van der Waals surface area contributed by atoms with Crippen LogP contribution in [-0.4, -0.2) is 46.0 Å². The van der Waals surface area contributed by atoms with Gasteiger partial charge in [0.15, 0.2) is 6.61 Å². The third kappa shape index (κ3) is 3.33. The molecule has 0 aliphatic carbocycles. The fourth-order valence-electron chi connectivity index (χ4n) is 3.02. The Labute approximate surface area is 146 Å². The van der Waals surface area contributed by atoms with Crippen LogP contribution in [0.25, 0.3) is 0 Å². The van der Waals surface area contributed by atoms with Crippen LogP contribution in [0.3, 0.4) is 0 Å². The summed E-state index contributed by atoms with van der Waals surface area (Å²) < 4.78 is 31.9. The second-order valence-electron chi connectivity index (χ2n) is 6.02. The highest BCUT2D eigenvalue weighted by molar-refractivity contribution is 8.01. The molecule has 0 unspecified atom stereocenters. The number of hydrogen-bond donors (Lipinski definition) is 1. The van der Waals surface area contributed by atoms with Crippen LogP contribution in [0.5, 0.6) is 0 Å². The number of rotatable bonds is 4. The van der Waals surface area contributed by atoms with Gasteiger partial charge in [-0.3, -0.25) is 9.59 Å². The van der Waals surface area contributed by atoms with E-state index in [9.17, 15) is 23.2 Å². The Hall–Kier alpha value is -2.16. The summed E-state index contributed by atoms with van der Waals surface area (Å²) in [4.78, 5) is 37.1. The molecule has 2 aliphatic heterocycles. The fourth-order valence-corrected chi connectivity index (χ4v) is 4.44. The first-order valence-electron chi connectivity index (χ1n) is 7.68. The predicted molar refractivity (Wildman–Crippen MR) is 86.7 cm³/mol. The normalized spacial score (nSPS) is 25.0. The maximum Gasteiger partial charge on any atom is 0.330 e. The van der Waals surface area contributed by atoms with Crippen molar-refractivity contribution in [1.82, 2.24) is 4.90 Å². The molecule has 134 valence electrons. The summed E-state index contributed by atoms with van der Waals surface area (Å²) in [6, 6.07) is 2.42. The Kier molecular flexibility index (Phi) is 4.68. The molecule has 2 fully saturated rings.